The summed E-state index contributed by atoms with van der Waals surface area (Å²) < 4.78 is 16.0. The number of hydrogen-bond donors (Lipinski definition) is 1. The quantitative estimate of drug-likeness (QED) is 0.253. The Kier molecular flexibility index (Phi) is 6.24. The Labute approximate surface area is 238 Å². The third kappa shape index (κ3) is 4.62. The molecular weight excluding hydrogens is 535 g/mol. The first kappa shape index (κ1) is 25.0. The van der Waals surface area contributed by atoms with Crippen molar-refractivity contribution in [3.05, 3.63) is 150 Å². The molecule has 200 valence electrons. The smallest absolute Gasteiger partial charge is 0.271 e. The van der Waals surface area contributed by atoms with E-state index in [1.165, 1.54) is 29.0 Å². The van der Waals surface area contributed by atoms with Crippen molar-refractivity contribution < 1.29 is 9.50 Å². The summed E-state index contributed by atoms with van der Waals surface area (Å²) in [6, 6.07) is 28.4. The van der Waals surface area contributed by atoms with E-state index in [0.717, 1.165) is 35.2 Å². The van der Waals surface area contributed by atoms with Crippen LogP contribution in [0.4, 0.5) is 15.8 Å². The Balaban J connectivity index is 1.38. The first-order chi connectivity index (χ1) is 20.0. The highest BCUT2D eigenvalue weighted by Crippen LogP contribution is 2.41. The van der Waals surface area contributed by atoms with E-state index in [1.54, 1.807) is 41.0 Å². The van der Waals surface area contributed by atoms with E-state index in [1.807, 2.05) is 42.5 Å². The molecular formula is C33H23FN4O2S. The van der Waals surface area contributed by atoms with Crippen LogP contribution in [0.3, 0.4) is 0 Å². The summed E-state index contributed by atoms with van der Waals surface area (Å²) in [5, 5.41) is 19.2. The number of aryl methyl sites for hydroxylation is 1. The molecule has 8 heteroatoms. The van der Waals surface area contributed by atoms with Gasteiger partial charge < -0.3 is 5.11 Å². The molecule has 0 fully saturated rings. The molecule has 1 aliphatic heterocycles. The van der Waals surface area contributed by atoms with Gasteiger partial charge in [-0.1, -0.05) is 65.9 Å². The average molecular weight is 559 g/mol. The fourth-order valence-corrected chi connectivity index (χ4v) is 6.43. The van der Waals surface area contributed by atoms with Crippen molar-refractivity contribution in [1.29, 1.82) is 0 Å². The van der Waals surface area contributed by atoms with Gasteiger partial charge in [-0.25, -0.2) is 9.38 Å². The normalized spacial score (nSPS) is 16.3. The molecule has 0 unspecified atom stereocenters. The maximum absolute atomic E-state index is 14.0. The highest BCUT2D eigenvalue weighted by atomic mass is 32.1. The summed E-state index contributed by atoms with van der Waals surface area (Å²) in [6.45, 7) is 0. The SMILES string of the molecule is O=c1/c(=C\c2cc(N=Nc3ccccc3)ccc2O)sc2n1[C@H](c1ccc(F)cc1)C1=C(N=2)c2ccccc2CC1. The number of azo groups is 1. The number of rotatable bonds is 4. The second-order valence-corrected chi connectivity index (χ2v) is 11.0. The van der Waals surface area contributed by atoms with Crippen LogP contribution in [0.25, 0.3) is 11.8 Å². The van der Waals surface area contributed by atoms with Crippen LogP contribution in [0, 0.1) is 5.82 Å². The number of aromatic nitrogens is 1. The summed E-state index contributed by atoms with van der Waals surface area (Å²) in [7, 11) is 0. The number of fused-ring (bicyclic) bond motifs is 3. The van der Waals surface area contributed by atoms with Crippen LogP contribution < -0.4 is 14.9 Å². The third-order valence-electron chi connectivity index (χ3n) is 7.39. The third-order valence-corrected chi connectivity index (χ3v) is 8.38. The number of allylic oxidation sites excluding steroid dienone is 1. The Morgan fingerprint density at radius 1 is 0.902 bits per heavy atom. The molecule has 0 radical (unpaired) electrons. The molecule has 4 aromatic carbocycles. The molecule has 2 heterocycles. The molecule has 0 amide bonds. The van der Waals surface area contributed by atoms with Crippen LogP contribution in [0.5, 0.6) is 5.75 Å². The van der Waals surface area contributed by atoms with Crippen molar-refractivity contribution in [2.75, 3.05) is 0 Å². The molecule has 1 aromatic heterocycles. The van der Waals surface area contributed by atoms with Crippen molar-refractivity contribution in [3.8, 4) is 5.75 Å². The molecule has 6 nitrogen and oxygen atoms in total. The average Bonchev–Trinajstić information content (AvgIpc) is 3.31. The standard InChI is InChI=1S/C33H23FN4O2S/c34-23-13-10-21(11-14-23)31-27-16-12-20-6-4-5-9-26(20)30(27)35-33-38(31)32(40)29(41-33)19-22-18-25(15-17-28(22)39)37-36-24-7-2-1-3-8-24/h1-11,13-15,17-19,31,39H,12,16H2/b29-19+,37-36?/t31-/m1/s1. The van der Waals surface area contributed by atoms with Gasteiger partial charge >= 0.3 is 0 Å². The lowest BCUT2D eigenvalue weighted by Crippen LogP contribution is -2.38. The van der Waals surface area contributed by atoms with Crippen molar-refractivity contribution in [2.45, 2.75) is 18.9 Å². The van der Waals surface area contributed by atoms with Crippen LogP contribution in [0.2, 0.25) is 0 Å². The van der Waals surface area contributed by atoms with Crippen molar-refractivity contribution >= 4 is 34.5 Å². The molecule has 2 aliphatic rings. The first-order valence-electron chi connectivity index (χ1n) is 13.2. The predicted octanol–water partition coefficient (Wildman–Crippen LogP) is 6.58. The lowest BCUT2D eigenvalue weighted by atomic mass is 9.83. The maximum Gasteiger partial charge on any atom is 0.271 e. The molecule has 41 heavy (non-hydrogen) atoms. The molecule has 5 aromatic rings. The van der Waals surface area contributed by atoms with Gasteiger partial charge in [0.2, 0.25) is 0 Å². The van der Waals surface area contributed by atoms with E-state index >= 15 is 0 Å². The molecule has 1 aliphatic carbocycles. The lowest BCUT2D eigenvalue weighted by Gasteiger charge is -2.30. The number of thiazole rings is 1. The number of hydrogen-bond acceptors (Lipinski definition) is 6. The van der Waals surface area contributed by atoms with E-state index in [-0.39, 0.29) is 17.1 Å². The van der Waals surface area contributed by atoms with Gasteiger partial charge in [0.05, 0.1) is 27.6 Å². The molecule has 0 saturated heterocycles. The summed E-state index contributed by atoms with van der Waals surface area (Å²) >= 11 is 1.27. The van der Waals surface area contributed by atoms with Crippen LogP contribution in [0.15, 0.2) is 123 Å². The molecule has 1 atom stereocenters. The maximum atomic E-state index is 14.0. The topological polar surface area (TPSA) is 79.3 Å². The zero-order valence-corrected chi connectivity index (χ0v) is 22.6. The summed E-state index contributed by atoms with van der Waals surface area (Å²) in [5.41, 5.74) is 6.51. The minimum atomic E-state index is -0.406. The highest BCUT2D eigenvalue weighted by molar-refractivity contribution is 7.07. The number of aromatic hydroxyl groups is 1. The van der Waals surface area contributed by atoms with Crippen LogP contribution >= 0.6 is 11.3 Å². The van der Waals surface area contributed by atoms with E-state index in [4.69, 9.17) is 4.99 Å². The van der Waals surface area contributed by atoms with E-state index in [0.29, 0.717) is 26.3 Å². The Hall–Kier alpha value is -4.95. The van der Waals surface area contributed by atoms with Gasteiger partial charge in [-0.3, -0.25) is 9.36 Å². The van der Waals surface area contributed by atoms with Crippen molar-refractivity contribution in [1.82, 2.24) is 4.57 Å². The summed E-state index contributed by atoms with van der Waals surface area (Å²) in [5.74, 6) is -0.304. The number of phenols is 1. The summed E-state index contributed by atoms with van der Waals surface area (Å²) in [4.78, 5) is 19.5. The Bertz CT molecular complexity index is 2040. The lowest BCUT2D eigenvalue weighted by molar-refractivity contribution is 0.474. The zero-order valence-electron chi connectivity index (χ0n) is 21.7. The number of benzene rings is 4. The van der Waals surface area contributed by atoms with Gasteiger partial charge in [0.25, 0.3) is 5.56 Å². The fourth-order valence-electron chi connectivity index (χ4n) is 5.44. The molecule has 1 N–H and O–H groups in total. The van der Waals surface area contributed by atoms with E-state index < -0.39 is 6.04 Å². The number of halogens is 1. The molecule has 0 bridgehead atoms. The minimum Gasteiger partial charge on any atom is -0.507 e. The molecule has 0 spiro atoms. The fraction of sp³-hybridized carbons (Fsp3) is 0.0909. The second-order valence-electron chi connectivity index (χ2n) is 9.94. The Morgan fingerprint density at radius 3 is 2.49 bits per heavy atom. The van der Waals surface area contributed by atoms with Gasteiger partial charge in [-0.2, -0.15) is 10.2 Å². The van der Waals surface area contributed by atoms with Crippen molar-refractivity contribution in [2.24, 2.45) is 15.2 Å². The zero-order chi connectivity index (χ0) is 27.9. The van der Waals surface area contributed by atoms with E-state index in [9.17, 15) is 14.3 Å². The first-order valence-corrected chi connectivity index (χ1v) is 14.1. The molecule has 7 rings (SSSR count). The van der Waals surface area contributed by atoms with Gasteiger partial charge in [0, 0.05) is 11.1 Å². The largest absolute Gasteiger partial charge is 0.507 e. The summed E-state index contributed by atoms with van der Waals surface area (Å²) in [6.07, 6.45) is 3.25. The second kappa shape index (κ2) is 10.2. The number of nitrogens with zero attached hydrogens (tertiary/aromatic N) is 4. The monoisotopic (exact) mass is 558 g/mol. The molecule has 0 saturated carbocycles. The van der Waals surface area contributed by atoms with Gasteiger partial charge in [0.1, 0.15) is 11.6 Å². The van der Waals surface area contributed by atoms with Crippen LogP contribution in [0.1, 0.15) is 34.7 Å². The highest BCUT2D eigenvalue weighted by Gasteiger charge is 2.32. The van der Waals surface area contributed by atoms with Gasteiger partial charge in [0.15, 0.2) is 4.80 Å². The Morgan fingerprint density at radius 2 is 1.66 bits per heavy atom. The minimum absolute atomic E-state index is 0.0257. The number of phenolic OH excluding ortho intramolecular Hbond substituents is 1. The van der Waals surface area contributed by atoms with Crippen LogP contribution in [-0.2, 0) is 6.42 Å². The van der Waals surface area contributed by atoms with Gasteiger partial charge in [-0.05, 0) is 78.1 Å². The predicted molar refractivity (Wildman–Crippen MR) is 158 cm³/mol. The van der Waals surface area contributed by atoms with Gasteiger partial charge in [-0.15, -0.1) is 0 Å². The van der Waals surface area contributed by atoms with Crippen LogP contribution in [-0.4, -0.2) is 9.67 Å². The van der Waals surface area contributed by atoms with Crippen molar-refractivity contribution in [3.63, 3.8) is 0 Å². The van der Waals surface area contributed by atoms with E-state index in [2.05, 4.69) is 22.4 Å².